The molecule has 0 saturated carbocycles. The van der Waals surface area contributed by atoms with Gasteiger partial charge >= 0.3 is 0 Å². The molecule has 1 aliphatic rings. The van der Waals surface area contributed by atoms with Crippen LogP contribution in [-0.4, -0.2) is 29.0 Å². The largest absolute Gasteiger partial charge is 0.301 e. The lowest BCUT2D eigenvalue weighted by molar-refractivity contribution is -0.271. The summed E-state index contributed by atoms with van der Waals surface area (Å²) in [5, 5.41) is 2.10. The topological polar surface area (TPSA) is 29.5 Å². The third-order valence-electron chi connectivity index (χ3n) is 4.17. The number of ketones is 1. The van der Waals surface area contributed by atoms with Crippen molar-refractivity contribution in [2.75, 3.05) is 7.11 Å². The monoisotopic (exact) mass is 269 g/mol. The Hall–Kier alpha value is -0.410. The van der Waals surface area contributed by atoms with E-state index < -0.39 is 0 Å². The lowest BCUT2D eigenvalue weighted by atomic mass is 9.71. The summed E-state index contributed by atoms with van der Waals surface area (Å²) in [5.41, 5.74) is -0.286. The van der Waals surface area contributed by atoms with Crippen molar-refractivity contribution < 1.29 is 9.63 Å². The van der Waals surface area contributed by atoms with E-state index >= 15 is 0 Å². The SMILES string of the molecule is CON1C(C)(C)CC(CC(=O)C(C)(C)C)CC1(C)C. The van der Waals surface area contributed by atoms with Crippen LogP contribution in [0.5, 0.6) is 0 Å². The molecule has 0 amide bonds. The lowest BCUT2D eigenvalue weighted by Gasteiger charge is -2.53. The zero-order chi connectivity index (χ0) is 15.1. The number of piperidine rings is 1. The average Bonchev–Trinajstić information content (AvgIpc) is 2.11. The number of hydrogen-bond acceptors (Lipinski definition) is 3. The van der Waals surface area contributed by atoms with Gasteiger partial charge in [0, 0.05) is 22.9 Å². The summed E-state index contributed by atoms with van der Waals surface area (Å²) < 4.78 is 0. The van der Waals surface area contributed by atoms with Crippen molar-refractivity contribution in [1.29, 1.82) is 0 Å². The smallest absolute Gasteiger partial charge is 0.138 e. The second kappa shape index (κ2) is 5.17. The molecule has 0 bridgehead atoms. The summed E-state index contributed by atoms with van der Waals surface area (Å²) in [5.74, 6) is 0.818. The molecule has 0 aliphatic carbocycles. The molecular weight excluding hydrogens is 238 g/mol. The van der Waals surface area contributed by atoms with Crippen molar-refractivity contribution in [3.63, 3.8) is 0 Å². The van der Waals surface area contributed by atoms with Crippen molar-refractivity contribution in [3.8, 4) is 0 Å². The molecule has 3 nitrogen and oxygen atoms in total. The fourth-order valence-electron chi connectivity index (χ4n) is 3.68. The maximum absolute atomic E-state index is 12.3. The molecule has 1 fully saturated rings. The first-order valence-electron chi connectivity index (χ1n) is 7.28. The van der Waals surface area contributed by atoms with Crippen LogP contribution in [0.25, 0.3) is 0 Å². The minimum absolute atomic E-state index is 0.0284. The Bertz CT molecular complexity index is 321. The van der Waals surface area contributed by atoms with Crippen LogP contribution < -0.4 is 0 Å². The molecule has 0 spiro atoms. The number of carbonyl (C=O) groups excluding carboxylic acids is 1. The Morgan fingerprint density at radius 1 is 1.16 bits per heavy atom. The molecular formula is C16H31NO2. The maximum atomic E-state index is 12.3. The summed E-state index contributed by atoms with van der Waals surface area (Å²) >= 11 is 0. The van der Waals surface area contributed by atoms with Gasteiger partial charge in [0.1, 0.15) is 5.78 Å². The number of nitrogens with zero attached hydrogens (tertiary/aromatic N) is 1. The summed E-state index contributed by atoms with van der Waals surface area (Å²) in [6.45, 7) is 14.8. The summed E-state index contributed by atoms with van der Waals surface area (Å²) in [6.07, 6.45) is 2.70. The van der Waals surface area contributed by atoms with E-state index in [4.69, 9.17) is 4.84 Å². The van der Waals surface area contributed by atoms with E-state index in [1.165, 1.54) is 0 Å². The molecule has 0 unspecified atom stereocenters. The van der Waals surface area contributed by atoms with Crippen LogP contribution in [0, 0.1) is 11.3 Å². The van der Waals surface area contributed by atoms with Gasteiger partial charge < -0.3 is 4.84 Å². The Morgan fingerprint density at radius 3 is 1.89 bits per heavy atom. The minimum atomic E-state index is -0.229. The average molecular weight is 269 g/mol. The van der Waals surface area contributed by atoms with Gasteiger partial charge in [-0.3, -0.25) is 4.79 Å². The molecule has 0 aromatic heterocycles. The van der Waals surface area contributed by atoms with Crippen LogP contribution in [0.4, 0.5) is 0 Å². The third kappa shape index (κ3) is 3.79. The van der Waals surface area contributed by atoms with Gasteiger partial charge in [0.25, 0.3) is 0 Å². The molecule has 1 rings (SSSR count). The Morgan fingerprint density at radius 2 is 1.58 bits per heavy atom. The first kappa shape index (κ1) is 16.6. The van der Waals surface area contributed by atoms with Gasteiger partial charge in [-0.15, -0.1) is 0 Å². The van der Waals surface area contributed by atoms with Crippen LogP contribution in [0.2, 0.25) is 0 Å². The predicted octanol–water partition coefficient (Wildman–Crippen LogP) is 3.82. The quantitative estimate of drug-likeness (QED) is 0.780. The van der Waals surface area contributed by atoms with Crippen molar-refractivity contribution in [2.24, 2.45) is 11.3 Å². The minimum Gasteiger partial charge on any atom is -0.301 e. The number of hydrogen-bond donors (Lipinski definition) is 0. The molecule has 1 aliphatic heterocycles. The van der Waals surface area contributed by atoms with Crippen LogP contribution in [0.15, 0.2) is 0 Å². The van der Waals surface area contributed by atoms with Gasteiger partial charge in [-0.05, 0) is 46.5 Å². The second-order valence-electron chi connectivity index (χ2n) is 8.25. The van der Waals surface area contributed by atoms with Gasteiger partial charge in [-0.2, -0.15) is 5.06 Å². The van der Waals surface area contributed by atoms with Gasteiger partial charge in [0.15, 0.2) is 0 Å². The molecule has 19 heavy (non-hydrogen) atoms. The summed E-state index contributed by atoms with van der Waals surface area (Å²) in [6, 6.07) is 0. The van der Waals surface area contributed by atoms with Gasteiger partial charge in [0.2, 0.25) is 0 Å². The highest BCUT2D eigenvalue weighted by molar-refractivity contribution is 5.83. The molecule has 1 heterocycles. The van der Waals surface area contributed by atoms with Crippen LogP contribution in [0.3, 0.4) is 0 Å². The number of hydroxylamine groups is 2. The van der Waals surface area contributed by atoms with Crippen molar-refractivity contribution in [3.05, 3.63) is 0 Å². The summed E-state index contributed by atoms with van der Waals surface area (Å²) in [4.78, 5) is 17.9. The van der Waals surface area contributed by atoms with E-state index in [0.717, 1.165) is 12.8 Å². The van der Waals surface area contributed by atoms with Crippen molar-refractivity contribution in [2.45, 2.75) is 78.8 Å². The zero-order valence-corrected chi connectivity index (χ0v) is 14.0. The highest BCUT2D eigenvalue weighted by atomic mass is 16.7. The van der Waals surface area contributed by atoms with Crippen molar-refractivity contribution in [1.82, 2.24) is 5.06 Å². The molecule has 0 aromatic rings. The van der Waals surface area contributed by atoms with Gasteiger partial charge in [-0.25, -0.2) is 0 Å². The highest BCUT2D eigenvalue weighted by Crippen LogP contribution is 2.43. The number of rotatable bonds is 3. The second-order valence-corrected chi connectivity index (χ2v) is 8.25. The van der Waals surface area contributed by atoms with Gasteiger partial charge in [0.05, 0.1) is 7.11 Å². The fraction of sp³-hybridized carbons (Fsp3) is 0.938. The highest BCUT2D eigenvalue weighted by Gasteiger charge is 2.46. The Labute approximate surface area is 118 Å². The molecule has 0 N–H and O–H groups in total. The molecule has 112 valence electrons. The van der Waals surface area contributed by atoms with E-state index in [-0.39, 0.29) is 16.5 Å². The Kier molecular flexibility index (Phi) is 4.53. The third-order valence-corrected chi connectivity index (χ3v) is 4.17. The van der Waals surface area contributed by atoms with Crippen LogP contribution in [-0.2, 0) is 9.63 Å². The normalized spacial score (nSPS) is 24.4. The fourth-order valence-corrected chi connectivity index (χ4v) is 3.68. The molecule has 0 atom stereocenters. The molecule has 3 heteroatoms. The lowest BCUT2D eigenvalue weighted by Crippen LogP contribution is -2.60. The van der Waals surface area contributed by atoms with Crippen LogP contribution >= 0.6 is 0 Å². The van der Waals surface area contributed by atoms with E-state index in [2.05, 4.69) is 32.8 Å². The first-order chi connectivity index (χ1) is 8.40. The molecule has 0 aromatic carbocycles. The number of Topliss-reactive ketones (excluding diaryl/α,β-unsaturated/α-hetero) is 1. The maximum Gasteiger partial charge on any atom is 0.138 e. The number of carbonyl (C=O) groups is 1. The van der Waals surface area contributed by atoms with Crippen molar-refractivity contribution >= 4 is 5.78 Å². The van der Waals surface area contributed by atoms with E-state index in [0.29, 0.717) is 18.1 Å². The Balaban J connectivity index is 2.83. The molecule has 0 radical (unpaired) electrons. The van der Waals surface area contributed by atoms with Crippen LogP contribution in [0.1, 0.15) is 67.7 Å². The zero-order valence-electron chi connectivity index (χ0n) is 14.0. The summed E-state index contributed by atoms with van der Waals surface area (Å²) in [7, 11) is 1.74. The standard InChI is InChI=1S/C16H31NO2/c1-14(2,3)13(18)9-12-10-15(4,5)17(19-8)16(6,7)11-12/h12H,9-11H2,1-8H3. The molecule has 1 saturated heterocycles. The van der Waals surface area contributed by atoms with E-state index in [1.807, 2.05) is 20.8 Å². The van der Waals surface area contributed by atoms with Gasteiger partial charge in [-0.1, -0.05) is 20.8 Å². The predicted molar refractivity (Wildman–Crippen MR) is 78.8 cm³/mol. The first-order valence-corrected chi connectivity index (χ1v) is 7.28. The van der Waals surface area contributed by atoms with E-state index in [1.54, 1.807) is 7.11 Å². The van der Waals surface area contributed by atoms with E-state index in [9.17, 15) is 4.79 Å².